The Morgan fingerprint density at radius 3 is 2.00 bits per heavy atom. The lowest BCUT2D eigenvalue weighted by Gasteiger charge is -2.15. The van der Waals surface area contributed by atoms with Gasteiger partial charge in [-0.1, -0.05) is 43.0 Å². The van der Waals surface area contributed by atoms with Gasteiger partial charge >= 0.3 is 0 Å². The minimum absolute atomic E-state index is 0.0112. The minimum atomic E-state index is -0.0112. The Bertz CT molecular complexity index is 576. The van der Waals surface area contributed by atoms with Crippen molar-refractivity contribution < 1.29 is 9.90 Å². The number of likely N-dealkylation sites (tertiary alicyclic amines) is 1. The molecule has 3 N–H and O–H groups in total. The Hall–Kier alpha value is -2.24. The number of benzene rings is 2. The maximum absolute atomic E-state index is 11.9. The monoisotopic (exact) mass is 344 g/mol. The van der Waals surface area contributed by atoms with Crippen molar-refractivity contribution in [1.29, 1.82) is 0 Å². The zero-order chi connectivity index (χ0) is 17.8. The number of amides is 1. The lowest BCUT2D eigenvalue weighted by molar-refractivity contribution is 0.0791. The zero-order valence-electron chi connectivity index (χ0n) is 13.6. The van der Waals surface area contributed by atoms with Crippen LogP contribution < -0.4 is 5.73 Å². The summed E-state index contributed by atoms with van der Waals surface area (Å²) in [7, 11) is 0. The van der Waals surface area contributed by atoms with E-state index in [1.165, 1.54) is 17.5 Å². The van der Waals surface area contributed by atoms with Gasteiger partial charge in [-0.25, -0.2) is 0 Å². The van der Waals surface area contributed by atoms with Crippen molar-refractivity contribution in [3.05, 3.63) is 78.2 Å². The average Bonchev–Trinajstić information content (AvgIpc) is 3.04. The highest BCUT2D eigenvalue weighted by Crippen LogP contribution is 2.15. The Morgan fingerprint density at radius 2 is 1.62 bits per heavy atom. The summed E-state index contributed by atoms with van der Waals surface area (Å²) in [5, 5.41) is 10.5. The second kappa shape index (κ2) is 11.3. The first-order valence-electron chi connectivity index (χ1n) is 7.67. The summed E-state index contributed by atoms with van der Waals surface area (Å²) in [6.07, 6.45) is 0.865. The number of hydrogen-bond donors (Lipinski definition) is 3. The van der Waals surface area contributed by atoms with Crippen molar-refractivity contribution in [2.45, 2.75) is 12.5 Å². The fourth-order valence-corrected chi connectivity index (χ4v) is 2.14. The number of phenolic OH excluding ortho intramolecular Hbond substituents is 1. The first-order chi connectivity index (χ1) is 11.6. The molecule has 2 aromatic rings. The molecule has 128 valence electrons. The van der Waals surface area contributed by atoms with Crippen LogP contribution in [0.4, 0.5) is 0 Å². The van der Waals surface area contributed by atoms with Crippen LogP contribution in [0.15, 0.2) is 72.7 Å². The molecule has 1 heterocycles. The molecule has 0 aliphatic carbocycles. The number of rotatable bonds is 1. The molecule has 0 bridgehead atoms. The normalized spacial score (nSPS) is 15.4. The molecule has 3 rings (SSSR count). The first kappa shape index (κ1) is 19.8. The fraction of sp³-hybridized carbons (Fsp3) is 0.211. The molecule has 24 heavy (non-hydrogen) atoms. The fourth-order valence-electron chi connectivity index (χ4n) is 2.14. The van der Waals surface area contributed by atoms with Crippen LogP contribution in [0.3, 0.4) is 0 Å². The minimum Gasteiger partial charge on any atom is -0.508 e. The Balaban J connectivity index is 0.000000265. The summed E-state index contributed by atoms with van der Waals surface area (Å²) < 4.78 is 0. The number of carbonyl (C=O) groups is 1. The smallest absolute Gasteiger partial charge is 0.253 e. The molecule has 1 aliphatic rings. The molecule has 1 atom stereocenters. The molecule has 0 aromatic heterocycles. The predicted octanol–water partition coefficient (Wildman–Crippen LogP) is 3.31. The highest BCUT2D eigenvalue weighted by molar-refractivity contribution is 7.83. The summed E-state index contributed by atoms with van der Waals surface area (Å²) >= 11 is 3.55. The van der Waals surface area contributed by atoms with Crippen LogP contribution in [-0.4, -0.2) is 35.0 Å². The molecule has 2 aromatic carbocycles. The number of nitrogens with zero attached hydrogens (tertiary/aromatic N) is 1. The SMILES string of the molecule is C=CS.NC1CCN(C(=O)c2ccc(O)cc2)C1.c1ccccc1. The third-order valence-corrected chi connectivity index (χ3v) is 3.29. The molecule has 4 nitrogen and oxygen atoms in total. The molecule has 1 fully saturated rings. The third-order valence-electron chi connectivity index (χ3n) is 3.29. The van der Waals surface area contributed by atoms with Gasteiger partial charge in [0.15, 0.2) is 0 Å². The number of hydrogen-bond acceptors (Lipinski definition) is 4. The quantitative estimate of drug-likeness (QED) is 0.695. The van der Waals surface area contributed by atoms with E-state index in [4.69, 9.17) is 10.8 Å². The van der Waals surface area contributed by atoms with Gasteiger partial charge in [-0.3, -0.25) is 4.79 Å². The number of thiol groups is 1. The van der Waals surface area contributed by atoms with Crippen LogP contribution in [-0.2, 0) is 0 Å². The van der Waals surface area contributed by atoms with Crippen LogP contribution in [0.1, 0.15) is 16.8 Å². The second-order valence-corrected chi connectivity index (χ2v) is 5.55. The molecule has 5 heteroatoms. The van der Waals surface area contributed by atoms with Gasteiger partial charge in [-0.05, 0) is 36.1 Å². The molecule has 1 saturated heterocycles. The van der Waals surface area contributed by atoms with Crippen LogP contribution in [0.5, 0.6) is 5.75 Å². The lowest BCUT2D eigenvalue weighted by atomic mass is 10.2. The Kier molecular flexibility index (Phi) is 9.34. The number of phenols is 1. The van der Waals surface area contributed by atoms with Crippen LogP contribution in [0.25, 0.3) is 0 Å². The molecule has 1 unspecified atom stereocenters. The standard InChI is InChI=1S/C11H14N2O2.C6H6.C2H4S/c12-9-5-6-13(7-9)11(15)8-1-3-10(14)4-2-8;1-2-4-6-5-3-1;1-2-3/h1-4,9,14H,5-7,12H2;1-6H;2-3H,1H2. The highest BCUT2D eigenvalue weighted by atomic mass is 32.1. The van der Waals surface area contributed by atoms with Gasteiger partial charge in [0.1, 0.15) is 5.75 Å². The maximum atomic E-state index is 11.9. The van der Waals surface area contributed by atoms with E-state index in [-0.39, 0.29) is 17.7 Å². The van der Waals surface area contributed by atoms with E-state index in [0.717, 1.165) is 13.0 Å². The van der Waals surface area contributed by atoms with Crippen molar-refractivity contribution in [2.24, 2.45) is 5.73 Å². The van der Waals surface area contributed by atoms with Crippen molar-refractivity contribution in [2.75, 3.05) is 13.1 Å². The second-order valence-electron chi connectivity index (χ2n) is 5.18. The molecule has 1 aliphatic heterocycles. The largest absolute Gasteiger partial charge is 0.508 e. The maximum Gasteiger partial charge on any atom is 0.253 e. The van der Waals surface area contributed by atoms with Crippen LogP contribution >= 0.6 is 12.6 Å². The highest BCUT2D eigenvalue weighted by Gasteiger charge is 2.24. The van der Waals surface area contributed by atoms with Crippen molar-refractivity contribution in [1.82, 2.24) is 4.90 Å². The van der Waals surface area contributed by atoms with Crippen LogP contribution in [0, 0.1) is 0 Å². The number of aromatic hydroxyl groups is 1. The summed E-state index contributed by atoms with van der Waals surface area (Å²) in [6, 6.07) is 18.4. The molecular formula is C19H24N2O2S. The Morgan fingerprint density at radius 1 is 1.17 bits per heavy atom. The summed E-state index contributed by atoms with van der Waals surface area (Å²) in [6.45, 7) is 4.57. The van der Waals surface area contributed by atoms with E-state index < -0.39 is 0 Å². The van der Waals surface area contributed by atoms with Gasteiger partial charge in [0, 0.05) is 24.7 Å². The molecule has 1 amide bonds. The number of nitrogens with two attached hydrogens (primary N) is 1. The topological polar surface area (TPSA) is 66.6 Å². The van der Waals surface area contributed by atoms with Gasteiger partial charge < -0.3 is 15.7 Å². The predicted molar refractivity (Wildman–Crippen MR) is 102 cm³/mol. The van der Waals surface area contributed by atoms with E-state index >= 15 is 0 Å². The molecular weight excluding hydrogens is 320 g/mol. The van der Waals surface area contributed by atoms with E-state index in [0.29, 0.717) is 12.1 Å². The van der Waals surface area contributed by atoms with Crippen molar-refractivity contribution in [3.8, 4) is 5.75 Å². The van der Waals surface area contributed by atoms with Gasteiger partial charge in [0.25, 0.3) is 5.91 Å². The summed E-state index contributed by atoms with van der Waals surface area (Å²) in [5.74, 6) is 0.160. The zero-order valence-corrected chi connectivity index (χ0v) is 14.5. The van der Waals surface area contributed by atoms with E-state index in [1.54, 1.807) is 17.0 Å². The number of carbonyl (C=O) groups excluding carboxylic acids is 1. The average molecular weight is 344 g/mol. The molecule has 0 saturated carbocycles. The lowest BCUT2D eigenvalue weighted by Crippen LogP contribution is -2.31. The van der Waals surface area contributed by atoms with Gasteiger partial charge in [0.05, 0.1) is 0 Å². The summed E-state index contributed by atoms with van der Waals surface area (Å²) in [5.41, 5.74) is 6.33. The van der Waals surface area contributed by atoms with E-state index in [2.05, 4.69) is 19.2 Å². The van der Waals surface area contributed by atoms with Gasteiger partial charge in [0.2, 0.25) is 0 Å². The van der Waals surface area contributed by atoms with Crippen molar-refractivity contribution in [3.63, 3.8) is 0 Å². The van der Waals surface area contributed by atoms with Gasteiger partial charge in [-0.15, -0.1) is 0 Å². The van der Waals surface area contributed by atoms with E-state index in [9.17, 15) is 4.79 Å². The molecule has 0 radical (unpaired) electrons. The van der Waals surface area contributed by atoms with Crippen LogP contribution in [0.2, 0.25) is 0 Å². The van der Waals surface area contributed by atoms with Crippen molar-refractivity contribution >= 4 is 18.5 Å². The van der Waals surface area contributed by atoms with Gasteiger partial charge in [-0.2, -0.15) is 12.6 Å². The summed E-state index contributed by atoms with van der Waals surface area (Å²) in [4.78, 5) is 13.6. The first-order valence-corrected chi connectivity index (χ1v) is 8.19. The Labute approximate surface area is 149 Å². The third kappa shape index (κ3) is 7.35. The van der Waals surface area contributed by atoms with E-state index in [1.807, 2.05) is 36.4 Å². The molecule has 0 spiro atoms.